The van der Waals surface area contributed by atoms with Gasteiger partial charge in [0.05, 0.1) is 7.11 Å². The van der Waals surface area contributed by atoms with E-state index in [9.17, 15) is 0 Å². The van der Waals surface area contributed by atoms with Crippen molar-refractivity contribution >= 4 is 11.9 Å². The van der Waals surface area contributed by atoms with Gasteiger partial charge in [0.1, 0.15) is 0 Å². The Labute approximate surface area is 116 Å². The predicted octanol–water partition coefficient (Wildman–Crippen LogP) is 1.13. The number of anilines is 2. The van der Waals surface area contributed by atoms with Crippen LogP contribution in [-0.2, 0) is 0 Å². The summed E-state index contributed by atoms with van der Waals surface area (Å²) in [5, 5.41) is 3.28. The van der Waals surface area contributed by atoms with Crippen LogP contribution in [0.15, 0.2) is 30.3 Å². The van der Waals surface area contributed by atoms with E-state index in [1.807, 2.05) is 18.2 Å². The third-order valence-corrected chi connectivity index (χ3v) is 3.26. The highest BCUT2D eigenvalue weighted by Gasteiger charge is 2.38. The van der Waals surface area contributed by atoms with E-state index in [2.05, 4.69) is 37.8 Å². The highest BCUT2D eigenvalue weighted by Crippen LogP contribution is 2.42. The molecular formula is C13H16N6O. The fourth-order valence-electron chi connectivity index (χ4n) is 2.17. The van der Waals surface area contributed by atoms with Gasteiger partial charge in [-0.2, -0.15) is 15.0 Å². The summed E-state index contributed by atoms with van der Waals surface area (Å²) in [6.07, 6.45) is 1.06. The minimum absolute atomic E-state index is 0.229. The first kappa shape index (κ1) is 12.6. The summed E-state index contributed by atoms with van der Waals surface area (Å²) >= 11 is 0. The molecule has 0 bridgehead atoms. The number of hydrazine groups is 1. The maximum Gasteiger partial charge on any atom is 0.322 e. The molecule has 20 heavy (non-hydrogen) atoms. The molecular weight excluding hydrogens is 256 g/mol. The number of ether oxygens (including phenoxy) is 1. The van der Waals surface area contributed by atoms with Crippen molar-refractivity contribution < 1.29 is 4.74 Å². The quantitative estimate of drug-likeness (QED) is 0.554. The largest absolute Gasteiger partial charge is 0.467 e. The van der Waals surface area contributed by atoms with E-state index < -0.39 is 0 Å². The predicted molar refractivity (Wildman–Crippen MR) is 75.4 cm³/mol. The molecule has 0 amide bonds. The molecule has 3 rings (SSSR count). The molecule has 104 valence electrons. The Balaban J connectivity index is 1.70. The van der Waals surface area contributed by atoms with Crippen LogP contribution in [0.5, 0.6) is 6.01 Å². The van der Waals surface area contributed by atoms with E-state index >= 15 is 0 Å². The first-order chi connectivity index (χ1) is 9.80. The fourth-order valence-corrected chi connectivity index (χ4v) is 2.17. The molecule has 2 atom stereocenters. The number of nitrogens with one attached hydrogen (secondary N) is 2. The molecule has 7 heteroatoms. The lowest BCUT2D eigenvalue weighted by molar-refractivity contribution is 0.379. The lowest BCUT2D eigenvalue weighted by Crippen LogP contribution is -2.15. The third kappa shape index (κ3) is 2.62. The number of rotatable bonds is 5. The monoisotopic (exact) mass is 272 g/mol. The number of hydrogen-bond donors (Lipinski definition) is 3. The fraction of sp³-hybridized carbons (Fsp3) is 0.308. The zero-order valence-electron chi connectivity index (χ0n) is 11.1. The van der Waals surface area contributed by atoms with Gasteiger partial charge in [0, 0.05) is 12.0 Å². The maximum atomic E-state index is 5.32. The van der Waals surface area contributed by atoms with E-state index in [0.29, 0.717) is 17.9 Å². The Bertz CT molecular complexity index is 568. The van der Waals surface area contributed by atoms with Crippen molar-refractivity contribution in [2.45, 2.75) is 18.4 Å². The lowest BCUT2D eigenvalue weighted by Gasteiger charge is -2.07. The zero-order chi connectivity index (χ0) is 13.9. The van der Waals surface area contributed by atoms with Crippen molar-refractivity contribution in [1.82, 2.24) is 15.0 Å². The number of methoxy groups -OCH3 is 1. The number of nitrogens with two attached hydrogens (primary N) is 1. The molecule has 1 fully saturated rings. The molecule has 2 aromatic rings. The Hall–Kier alpha value is -2.41. The standard InChI is InChI=1S/C13H16N6O/c1-20-13-17-11(16-12(18-13)19-14)15-10-7-9(10)8-5-3-2-4-6-8/h2-6,9-10H,7,14H2,1H3,(H2,15,16,17,18,19). The summed E-state index contributed by atoms with van der Waals surface area (Å²) in [4.78, 5) is 12.3. The lowest BCUT2D eigenvalue weighted by atomic mass is 10.1. The molecule has 1 aromatic carbocycles. The molecule has 1 saturated carbocycles. The van der Waals surface area contributed by atoms with Crippen LogP contribution >= 0.6 is 0 Å². The highest BCUT2D eigenvalue weighted by atomic mass is 16.5. The number of benzene rings is 1. The number of hydrogen-bond acceptors (Lipinski definition) is 7. The number of aromatic nitrogens is 3. The molecule has 1 aromatic heterocycles. The summed E-state index contributed by atoms with van der Waals surface area (Å²) in [7, 11) is 1.50. The molecule has 0 saturated heterocycles. The summed E-state index contributed by atoms with van der Waals surface area (Å²) in [6.45, 7) is 0. The Morgan fingerprint density at radius 3 is 2.60 bits per heavy atom. The second kappa shape index (κ2) is 5.30. The van der Waals surface area contributed by atoms with Crippen LogP contribution < -0.4 is 21.3 Å². The van der Waals surface area contributed by atoms with Gasteiger partial charge in [-0.1, -0.05) is 30.3 Å². The maximum absolute atomic E-state index is 5.32. The van der Waals surface area contributed by atoms with Crippen molar-refractivity contribution in [2.24, 2.45) is 5.84 Å². The molecule has 0 aliphatic heterocycles. The SMILES string of the molecule is COc1nc(NN)nc(NC2CC2c2ccccc2)n1. The van der Waals surface area contributed by atoms with Crippen molar-refractivity contribution in [3.63, 3.8) is 0 Å². The summed E-state index contributed by atoms with van der Waals surface area (Å²) < 4.78 is 5.01. The van der Waals surface area contributed by atoms with Crippen LogP contribution in [-0.4, -0.2) is 28.1 Å². The highest BCUT2D eigenvalue weighted by molar-refractivity contribution is 5.40. The van der Waals surface area contributed by atoms with E-state index in [1.54, 1.807) is 0 Å². The van der Waals surface area contributed by atoms with Gasteiger partial charge in [-0.15, -0.1) is 0 Å². The average molecular weight is 272 g/mol. The first-order valence-corrected chi connectivity index (χ1v) is 6.38. The van der Waals surface area contributed by atoms with Crippen LogP contribution in [0.4, 0.5) is 11.9 Å². The molecule has 4 N–H and O–H groups in total. The van der Waals surface area contributed by atoms with Gasteiger partial charge in [0.2, 0.25) is 11.9 Å². The normalized spacial score (nSPS) is 20.3. The van der Waals surface area contributed by atoms with Crippen LogP contribution in [0, 0.1) is 0 Å². The van der Waals surface area contributed by atoms with Crippen molar-refractivity contribution in [3.8, 4) is 6.01 Å². The van der Waals surface area contributed by atoms with Crippen LogP contribution in [0.2, 0.25) is 0 Å². The topological polar surface area (TPSA) is 98.0 Å². The average Bonchev–Trinajstić information content (AvgIpc) is 3.27. The van der Waals surface area contributed by atoms with E-state index in [-0.39, 0.29) is 12.0 Å². The minimum atomic E-state index is 0.229. The Morgan fingerprint density at radius 2 is 1.90 bits per heavy atom. The van der Waals surface area contributed by atoms with Gasteiger partial charge >= 0.3 is 6.01 Å². The summed E-state index contributed by atoms with van der Waals surface area (Å²) in [5.41, 5.74) is 3.72. The molecule has 1 aliphatic rings. The van der Waals surface area contributed by atoms with E-state index in [1.165, 1.54) is 12.7 Å². The van der Waals surface area contributed by atoms with Gasteiger partial charge in [-0.05, 0) is 12.0 Å². The Kier molecular flexibility index (Phi) is 3.34. The van der Waals surface area contributed by atoms with Crippen molar-refractivity contribution in [1.29, 1.82) is 0 Å². The van der Waals surface area contributed by atoms with Crippen LogP contribution in [0.25, 0.3) is 0 Å². The second-order valence-electron chi connectivity index (χ2n) is 4.62. The third-order valence-electron chi connectivity index (χ3n) is 3.26. The van der Waals surface area contributed by atoms with Gasteiger partial charge in [0.15, 0.2) is 0 Å². The smallest absolute Gasteiger partial charge is 0.322 e. The van der Waals surface area contributed by atoms with Crippen molar-refractivity contribution in [3.05, 3.63) is 35.9 Å². The van der Waals surface area contributed by atoms with Gasteiger partial charge < -0.3 is 10.1 Å². The Morgan fingerprint density at radius 1 is 1.15 bits per heavy atom. The molecule has 1 heterocycles. The molecule has 0 spiro atoms. The summed E-state index contributed by atoms with van der Waals surface area (Å²) in [5.74, 6) is 6.55. The molecule has 2 unspecified atom stereocenters. The van der Waals surface area contributed by atoms with Gasteiger partial charge in [0.25, 0.3) is 0 Å². The van der Waals surface area contributed by atoms with E-state index in [0.717, 1.165) is 6.42 Å². The van der Waals surface area contributed by atoms with Crippen molar-refractivity contribution in [2.75, 3.05) is 17.9 Å². The second-order valence-corrected chi connectivity index (χ2v) is 4.62. The van der Waals surface area contributed by atoms with Gasteiger partial charge in [-0.3, -0.25) is 5.43 Å². The van der Waals surface area contributed by atoms with Crippen LogP contribution in [0.3, 0.4) is 0 Å². The van der Waals surface area contributed by atoms with Crippen LogP contribution in [0.1, 0.15) is 17.9 Å². The summed E-state index contributed by atoms with van der Waals surface area (Å²) in [6, 6.07) is 10.9. The molecule has 1 aliphatic carbocycles. The number of nitrogen functional groups attached to an aromatic ring is 1. The molecule has 7 nitrogen and oxygen atoms in total. The van der Waals surface area contributed by atoms with Gasteiger partial charge in [-0.25, -0.2) is 5.84 Å². The zero-order valence-corrected chi connectivity index (χ0v) is 11.1. The van der Waals surface area contributed by atoms with E-state index in [4.69, 9.17) is 10.6 Å². The molecule has 0 radical (unpaired) electrons. The number of nitrogens with zero attached hydrogens (tertiary/aromatic N) is 3. The first-order valence-electron chi connectivity index (χ1n) is 6.38. The minimum Gasteiger partial charge on any atom is -0.467 e.